The Morgan fingerprint density at radius 2 is 2.10 bits per heavy atom. The molecule has 0 amide bonds. The standard InChI is InChI=1S/C7H16FNS/c1-7(2,10-3)6-9-5-4-8/h9H,4-6H2,1-3H3. The first kappa shape index (κ1) is 10.2. The van der Waals surface area contributed by atoms with Gasteiger partial charge in [-0.2, -0.15) is 11.8 Å². The molecule has 1 nitrogen and oxygen atoms in total. The minimum Gasteiger partial charge on any atom is -0.313 e. The summed E-state index contributed by atoms with van der Waals surface area (Å²) >= 11 is 1.79. The number of nitrogens with one attached hydrogen (secondary N) is 1. The third kappa shape index (κ3) is 5.06. The van der Waals surface area contributed by atoms with Crippen LogP contribution < -0.4 is 5.32 Å². The average Bonchev–Trinajstić information content (AvgIpc) is 1.89. The third-order valence-corrected chi connectivity index (χ3v) is 2.62. The van der Waals surface area contributed by atoms with E-state index in [0.29, 0.717) is 6.54 Å². The van der Waals surface area contributed by atoms with Crippen molar-refractivity contribution in [1.82, 2.24) is 5.32 Å². The normalized spacial score (nSPS) is 12.0. The van der Waals surface area contributed by atoms with Crippen molar-refractivity contribution in [2.24, 2.45) is 0 Å². The molecule has 0 unspecified atom stereocenters. The Kier molecular flexibility index (Phi) is 5.09. The van der Waals surface area contributed by atoms with Crippen LogP contribution in [0, 0.1) is 0 Å². The molecule has 62 valence electrons. The maximum Gasteiger partial charge on any atom is 0.102 e. The van der Waals surface area contributed by atoms with Gasteiger partial charge in [-0.1, -0.05) is 0 Å². The molecular weight excluding hydrogens is 149 g/mol. The molecule has 0 aliphatic rings. The average molecular weight is 165 g/mol. The Hall–Kier alpha value is 0.240. The van der Waals surface area contributed by atoms with Crippen molar-refractivity contribution in [2.75, 3.05) is 26.0 Å². The van der Waals surface area contributed by atoms with E-state index in [1.165, 1.54) is 0 Å². The van der Waals surface area contributed by atoms with Gasteiger partial charge in [0.05, 0.1) is 0 Å². The Balaban J connectivity index is 3.28. The van der Waals surface area contributed by atoms with Crippen LogP contribution in [-0.2, 0) is 0 Å². The van der Waals surface area contributed by atoms with Gasteiger partial charge in [0.1, 0.15) is 6.67 Å². The molecule has 0 radical (unpaired) electrons. The van der Waals surface area contributed by atoms with Crippen LogP contribution in [0.2, 0.25) is 0 Å². The Bertz CT molecular complexity index is 85.7. The highest BCUT2D eigenvalue weighted by Crippen LogP contribution is 2.19. The van der Waals surface area contributed by atoms with Gasteiger partial charge in [-0.25, -0.2) is 4.39 Å². The minimum absolute atomic E-state index is 0.231. The molecule has 0 aliphatic carbocycles. The summed E-state index contributed by atoms with van der Waals surface area (Å²) in [7, 11) is 0. The summed E-state index contributed by atoms with van der Waals surface area (Å²) in [6, 6.07) is 0. The van der Waals surface area contributed by atoms with Gasteiger partial charge in [0.15, 0.2) is 0 Å². The topological polar surface area (TPSA) is 12.0 Å². The van der Waals surface area contributed by atoms with Crippen LogP contribution in [0.25, 0.3) is 0 Å². The monoisotopic (exact) mass is 165 g/mol. The van der Waals surface area contributed by atoms with Crippen LogP contribution in [0.1, 0.15) is 13.8 Å². The van der Waals surface area contributed by atoms with Crippen molar-refractivity contribution >= 4 is 11.8 Å². The van der Waals surface area contributed by atoms with E-state index in [0.717, 1.165) is 6.54 Å². The lowest BCUT2D eigenvalue weighted by molar-refractivity contribution is 0.457. The number of thioether (sulfide) groups is 1. The van der Waals surface area contributed by atoms with Gasteiger partial charge < -0.3 is 5.32 Å². The molecule has 0 saturated heterocycles. The fourth-order valence-electron chi connectivity index (χ4n) is 0.528. The molecule has 0 heterocycles. The van der Waals surface area contributed by atoms with Gasteiger partial charge in [0.2, 0.25) is 0 Å². The predicted molar refractivity (Wildman–Crippen MR) is 46.4 cm³/mol. The van der Waals surface area contributed by atoms with E-state index in [-0.39, 0.29) is 11.4 Å². The van der Waals surface area contributed by atoms with E-state index >= 15 is 0 Å². The summed E-state index contributed by atoms with van der Waals surface area (Å²) in [6.45, 7) is 5.36. The van der Waals surface area contributed by atoms with Crippen LogP contribution in [0.5, 0.6) is 0 Å². The molecular formula is C7H16FNS. The SMILES string of the molecule is CSC(C)(C)CNCCF. The summed E-state index contributed by atoms with van der Waals surface area (Å²) in [6.07, 6.45) is 2.07. The lowest BCUT2D eigenvalue weighted by atomic mass is 10.2. The van der Waals surface area contributed by atoms with Crippen molar-refractivity contribution in [2.45, 2.75) is 18.6 Å². The second kappa shape index (κ2) is 4.97. The first-order valence-corrected chi connectivity index (χ1v) is 4.67. The Labute approximate surface area is 66.8 Å². The molecule has 10 heavy (non-hydrogen) atoms. The Morgan fingerprint density at radius 3 is 2.50 bits per heavy atom. The summed E-state index contributed by atoms with van der Waals surface area (Å²) in [5, 5.41) is 3.03. The number of hydrogen-bond donors (Lipinski definition) is 1. The number of halogens is 1. The van der Waals surface area contributed by atoms with Crippen molar-refractivity contribution in [3.8, 4) is 0 Å². The van der Waals surface area contributed by atoms with Gasteiger partial charge in [-0.15, -0.1) is 0 Å². The molecule has 1 N–H and O–H groups in total. The predicted octanol–water partition coefficient (Wildman–Crippen LogP) is 1.69. The molecule has 0 rings (SSSR count). The molecule has 0 atom stereocenters. The van der Waals surface area contributed by atoms with Gasteiger partial charge >= 0.3 is 0 Å². The molecule has 0 spiro atoms. The second-order valence-corrected chi connectivity index (χ2v) is 4.34. The quantitative estimate of drug-likeness (QED) is 0.622. The highest BCUT2D eigenvalue weighted by molar-refractivity contribution is 7.99. The van der Waals surface area contributed by atoms with Gasteiger partial charge in [-0.05, 0) is 20.1 Å². The van der Waals surface area contributed by atoms with Crippen molar-refractivity contribution in [1.29, 1.82) is 0 Å². The van der Waals surface area contributed by atoms with E-state index < -0.39 is 0 Å². The smallest absolute Gasteiger partial charge is 0.102 e. The molecule has 0 aromatic rings. The summed E-state index contributed by atoms with van der Waals surface area (Å²) in [4.78, 5) is 0. The Morgan fingerprint density at radius 1 is 1.50 bits per heavy atom. The lowest BCUT2D eigenvalue weighted by Crippen LogP contribution is -2.33. The largest absolute Gasteiger partial charge is 0.313 e. The van der Waals surface area contributed by atoms with E-state index in [1.807, 2.05) is 0 Å². The molecule has 0 bridgehead atoms. The minimum atomic E-state index is -0.273. The molecule has 0 saturated carbocycles. The van der Waals surface area contributed by atoms with Crippen molar-refractivity contribution in [3.63, 3.8) is 0 Å². The highest BCUT2D eigenvalue weighted by Gasteiger charge is 2.13. The van der Waals surface area contributed by atoms with Crippen LogP contribution >= 0.6 is 11.8 Å². The molecule has 0 aromatic heterocycles. The van der Waals surface area contributed by atoms with Crippen LogP contribution in [0.4, 0.5) is 4.39 Å². The fourth-order valence-corrected chi connectivity index (χ4v) is 0.775. The number of hydrogen-bond acceptors (Lipinski definition) is 2. The second-order valence-electron chi connectivity index (χ2n) is 2.83. The fraction of sp³-hybridized carbons (Fsp3) is 1.00. The summed E-state index contributed by atoms with van der Waals surface area (Å²) < 4.78 is 11.8. The van der Waals surface area contributed by atoms with E-state index in [9.17, 15) is 4.39 Å². The van der Waals surface area contributed by atoms with Crippen LogP contribution in [0.3, 0.4) is 0 Å². The van der Waals surface area contributed by atoms with Gasteiger partial charge in [-0.3, -0.25) is 0 Å². The van der Waals surface area contributed by atoms with Gasteiger partial charge in [0.25, 0.3) is 0 Å². The van der Waals surface area contributed by atoms with E-state index in [4.69, 9.17) is 0 Å². The third-order valence-electron chi connectivity index (χ3n) is 1.37. The van der Waals surface area contributed by atoms with E-state index in [1.54, 1.807) is 11.8 Å². The maximum atomic E-state index is 11.6. The zero-order valence-electron chi connectivity index (χ0n) is 6.91. The van der Waals surface area contributed by atoms with Crippen molar-refractivity contribution in [3.05, 3.63) is 0 Å². The summed E-state index contributed by atoms with van der Waals surface area (Å²) in [5.41, 5.74) is 0. The first-order chi connectivity index (χ1) is 4.62. The molecule has 3 heteroatoms. The van der Waals surface area contributed by atoms with E-state index in [2.05, 4.69) is 25.4 Å². The molecule has 0 aromatic carbocycles. The number of alkyl halides is 1. The lowest BCUT2D eigenvalue weighted by Gasteiger charge is -2.21. The van der Waals surface area contributed by atoms with Crippen LogP contribution in [0.15, 0.2) is 0 Å². The first-order valence-electron chi connectivity index (χ1n) is 3.44. The maximum absolute atomic E-state index is 11.6. The molecule has 0 aliphatic heterocycles. The number of rotatable bonds is 5. The zero-order chi connectivity index (χ0) is 8.04. The van der Waals surface area contributed by atoms with Crippen LogP contribution in [-0.4, -0.2) is 30.8 Å². The summed E-state index contributed by atoms with van der Waals surface area (Å²) in [5.74, 6) is 0. The van der Waals surface area contributed by atoms with Crippen molar-refractivity contribution < 1.29 is 4.39 Å². The molecule has 0 fully saturated rings. The highest BCUT2D eigenvalue weighted by atomic mass is 32.2. The zero-order valence-corrected chi connectivity index (χ0v) is 7.72. The van der Waals surface area contributed by atoms with Gasteiger partial charge in [0, 0.05) is 17.8 Å².